The third-order valence-electron chi connectivity index (χ3n) is 2.36. The molecule has 0 fully saturated rings. The van der Waals surface area contributed by atoms with Gasteiger partial charge in [-0.15, -0.1) is 0 Å². The highest BCUT2D eigenvalue weighted by molar-refractivity contribution is 5.46. The van der Waals surface area contributed by atoms with E-state index in [1.807, 2.05) is 39.1 Å². The SMILES string of the molecule is CCNc1cccc(N(C)CCOC(C)C)n1. The van der Waals surface area contributed by atoms with Crippen molar-refractivity contribution in [1.82, 2.24) is 4.98 Å². The first-order chi connectivity index (χ1) is 8.13. The summed E-state index contributed by atoms with van der Waals surface area (Å²) in [5.74, 6) is 1.89. The second-order valence-corrected chi connectivity index (χ2v) is 4.25. The lowest BCUT2D eigenvalue weighted by Gasteiger charge is -2.19. The maximum Gasteiger partial charge on any atom is 0.130 e. The first kappa shape index (κ1) is 13.8. The molecule has 0 unspecified atom stereocenters. The normalized spacial score (nSPS) is 10.6. The molecule has 0 radical (unpaired) electrons. The van der Waals surface area contributed by atoms with Crippen LogP contribution in [0.25, 0.3) is 0 Å². The zero-order valence-corrected chi connectivity index (χ0v) is 11.2. The number of nitrogens with one attached hydrogen (secondary N) is 1. The molecule has 0 aromatic carbocycles. The van der Waals surface area contributed by atoms with Gasteiger partial charge < -0.3 is 15.0 Å². The van der Waals surface area contributed by atoms with E-state index >= 15 is 0 Å². The number of hydrogen-bond acceptors (Lipinski definition) is 4. The lowest BCUT2D eigenvalue weighted by atomic mass is 10.4. The molecule has 0 amide bonds. The van der Waals surface area contributed by atoms with Crippen molar-refractivity contribution in [2.45, 2.75) is 26.9 Å². The summed E-state index contributed by atoms with van der Waals surface area (Å²) >= 11 is 0. The van der Waals surface area contributed by atoms with Gasteiger partial charge in [0.2, 0.25) is 0 Å². The van der Waals surface area contributed by atoms with Crippen LogP contribution < -0.4 is 10.2 Å². The van der Waals surface area contributed by atoms with Gasteiger partial charge in [-0.3, -0.25) is 0 Å². The Kier molecular flexibility index (Phi) is 5.77. The quantitative estimate of drug-likeness (QED) is 0.790. The Bertz CT molecular complexity index is 328. The minimum Gasteiger partial charge on any atom is -0.377 e. The molecule has 0 saturated carbocycles. The number of anilines is 2. The minimum absolute atomic E-state index is 0.282. The van der Waals surface area contributed by atoms with Gasteiger partial charge in [-0.25, -0.2) is 4.98 Å². The Morgan fingerprint density at radius 2 is 2.18 bits per heavy atom. The third kappa shape index (κ3) is 5.04. The Labute approximate surface area is 104 Å². The van der Waals surface area contributed by atoms with Gasteiger partial charge in [0, 0.05) is 20.1 Å². The molecule has 0 saturated heterocycles. The monoisotopic (exact) mass is 237 g/mol. The van der Waals surface area contributed by atoms with Crippen LogP contribution in [0.1, 0.15) is 20.8 Å². The van der Waals surface area contributed by atoms with Crippen LogP contribution in [0.2, 0.25) is 0 Å². The summed E-state index contributed by atoms with van der Waals surface area (Å²) in [6.45, 7) is 8.61. The molecule has 1 aromatic rings. The lowest BCUT2D eigenvalue weighted by Crippen LogP contribution is -2.24. The van der Waals surface area contributed by atoms with Crippen LogP contribution in [0.15, 0.2) is 18.2 Å². The van der Waals surface area contributed by atoms with E-state index in [0.717, 1.165) is 31.3 Å². The van der Waals surface area contributed by atoms with Crippen molar-refractivity contribution in [1.29, 1.82) is 0 Å². The molecule has 1 N–H and O–H groups in total. The standard InChI is InChI=1S/C13H23N3O/c1-5-14-12-7-6-8-13(15-12)16(4)9-10-17-11(2)3/h6-8,11H,5,9-10H2,1-4H3,(H,14,15). The Morgan fingerprint density at radius 3 is 2.82 bits per heavy atom. The maximum atomic E-state index is 5.53. The topological polar surface area (TPSA) is 37.4 Å². The zero-order chi connectivity index (χ0) is 12.7. The van der Waals surface area contributed by atoms with Crippen molar-refractivity contribution in [2.24, 2.45) is 0 Å². The van der Waals surface area contributed by atoms with Crippen LogP contribution >= 0.6 is 0 Å². The van der Waals surface area contributed by atoms with Gasteiger partial charge in [-0.2, -0.15) is 0 Å². The number of nitrogens with zero attached hydrogens (tertiary/aromatic N) is 2. The van der Waals surface area contributed by atoms with Crippen LogP contribution in [0.4, 0.5) is 11.6 Å². The highest BCUT2D eigenvalue weighted by Gasteiger charge is 2.03. The van der Waals surface area contributed by atoms with Crippen molar-refractivity contribution in [3.63, 3.8) is 0 Å². The molecule has 1 heterocycles. The molecule has 17 heavy (non-hydrogen) atoms. The van der Waals surface area contributed by atoms with E-state index in [0.29, 0.717) is 0 Å². The smallest absolute Gasteiger partial charge is 0.130 e. The largest absolute Gasteiger partial charge is 0.377 e. The van der Waals surface area contributed by atoms with E-state index in [-0.39, 0.29) is 6.10 Å². The van der Waals surface area contributed by atoms with Crippen molar-refractivity contribution in [2.75, 3.05) is 37.0 Å². The molecule has 4 nitrogen and oxygen atoms in total. The van der Waals surface area contributed by atoms with Crippen LogP contribution in [-0.4, -0.2) is 37.8 Å². The third-order valence-corrected chi connectivity index (χ3v) is 2.36. The van der Waals surface area contributed by atoms with E-state index in [1.54, 1.807) is 0 Å². The molecule has 0 aliphatic rings. The summed E-state index contributed by atoms with van der Waals surface area (Å²) < 4.78 is 5.53. The van der Waals surface area contributed by atoms with E-state index in [1.165, 1.54) is 0 Å². The molecule has 0 aliphatic carbocycles. The highest BCUT2D eigenvalue weighted by atomic mass is 16.5. The average Bonchev–Trinajstić information content (AvgIpc) is 2.29. The first-order valence-electron chi connectivity index (χ1n) is 6.17. The number of ether oxygens (including phenoxy) is 1. The Balaban J connectivity index is 2.50. The predicted octanol–water partition coefficient (Wildman–Crippen LogP) is 2.37. The fourth-order valence-corrected chi connectivity index (χ4v) is 1.46. The molecule has 1 rings (SSSR count). The molecule has 1 aromatic heterocycles. The van der Waals surface area contributed by atoms with Gasteiger partial charge >= 0.3 is 0 Å². The van der Waals surface area contributed by atoms with Crippen LogP contribution in [0.3, 0.4) is 0 Å². The van der Waals surface area contributed by atoms with E-state index in [4.69, 9.17) is 4.74 Å². The second-order valence-electron chi connectivity index (χ2n) is 4.25. The van der Waals surface area contributed by atoms with E-state index in [2.05, 4.69) is 22.1 Å². The van der Waals surface area contributed by atoms with Crippen LogP contribution in [-0.2, 0) is 4.74 Å². The summed E-state index contributed by atoms with van der Waals surface area (Å²) in [6, 6.07) is 6.00. The second kappa shape index (κ2) is 7.12. The molecule has 4 heteroatoms. The average molecular weight is 237 g/mol. The predicted molar refractivity (Wildman–Crippen MR) is 72.8 cm³/mol. The number of rotatable bonds is 7. The molecule has 96 valence electrons. The Morgan fingerprint density at radius 1 is 1.41 bits per heavy atom. The summed E-state index contributed by atoms with van der Waals surface area (Å²) in [6.07, 6.45) is 0.282. The highest BCUT2D eigenvalue weighted by Crippen LogP contribution is 2.12. The molecule has 0 atom stereocenters. The van der Waals surface area contributed by atoms with Gasteiger partial charge in [0.25, 0.3) is 0 Å². The molecule has 0 bridgehead atoms. The van der Waals surface area contributed by atoms with Crippen molar-refractivity contribution in [3.8, 4) is 0 Å². The zero-order valence-electron chi connectivity index (χ0n) is 11.2. The first-order valence-corrected chi connectivity index (χ1v) is 6.17. The summed E-state index contributed by atoms with van der Waals surface area (Å²) in [4.78, 5) is 6.62. The fraction of sp³-hybridized carbons (Fsp3) is 0.615. The molecule has 0 aliphatic heterocycles. The fourth-order valence-electron chi connectivity index (χ4n) is 1.46. The molecule has 0 spiro atoms. The van der Waals surface area contributed by atoms with Gasteiger partial charge in [0.15, 0.2) is 0 Å². The maximum absolute atomic E-state index is 5.53. The van der Waals surface area contributed by atoms with Crippen LogP contribution in [0.5, 0.6) is 0 Å². The number of likely N-dealkylation sites (N-methyl/N-ethyl adjacent to an activating group) is 1. The van der Waals surface area contributed by atoms with Gasteiger partial charge in [0.05, 0.1) is 12.7 Å². The Hall–Kier alpha value is -1.29. The van der Waals surface area contributed by atoms with Gasteiger partial charge in [0.1, 0.15) is 11.6 Å². The van der Waals surface area contributed by atoms with E-state index < -0.39 is 0 Å². The van der Waals surface area contributed by atoms with E-state index in [9.17, 15) is 0 Å². The summed E-state index contributed by atoms with van der Waals surface area (Å²) in [5, 5.41) is 3.21. The van der Waals surface area contributed by atoms with Crippen molar-refractivity contribution >= 4 is 11.6 Å². The van der Waals surface area contributed by atoms with Gasteiger partial charge in [-0.1, -0.05) is 6.07 Å². The molecular weight excluding hydrogens is 214 g/mol. The lowest BCUT2D eigenvalue weighted by molar-refractivity contribution is 0.0845. The van der Waals surface area contributed by atoms with Gasteiger partial charge in [-0.05, 0) is 32.9 Å². The summed E-state index contributed by atoms with van der Waals surface area (Å²) in [5.41, 5.74) is 0. The summed E-state index contributed by atoms with van der Waals surface area (Å²) in [7, 11) is 2.03. The van der Waals surface area contributed by atoms with Crippen molar-refractivity contribution in [3.05, 3.63) is 18.2 Å². The van der Waals surface area contributed by atoms with Crippen LogP contribution in [0, 0.1) is 0 Å². The minimum atomic E-state index is 0.282. The molecular formula is C13H23N3O. The number of aromatic nitrogens is 1. The van der Waals surface area contributed by atoms with Crippen molar-refractivity contribution < 1.29 is 4.74 Å². The number of hydrogen-bond donors (Lipinski definition) is 1. The number of pyridine rings is 1.